The van der Waals surface area contributed by atoms with Gasteiger partial charge in [-0.05, 0) is 24.6 Å². The van der Waals surface area contributed by atoms with Crippen LogP contribution in [0.2, 0.25) is 0 Å². The fraction of sp³-hybridized carbons (Fsp3) is 0.500. The van der Waals surface area contributed by atoms with Crippen molar-refractivity contribution in [2.45, 2.75) is 19.4 Å². The Kier molecular flexibility index (Phi) is 5.63. The Balaban J connectivity index is 2.65. The third kappa shape index (κ3) is 4.44. The standard InChI is InChI=1S/C14H22N2O3/c1-10(15)11-5-6-12(13(9-11)18-4)19-8-7-14(17)16(2)3/h5-6,9-10H,7-8,15H2,1-4H3/t10-/m1/s1. The van der Waals surface area contributed by atoms with Gasteiger partial charge in [0.05, 0.1) is 20.1 Å². The number of benzene rings is 1. The molecule has 1 aromatic rings. The van der Waals surface area contributed by atoms with Gasteiger partial charge in [0, 0.05) is 20.1 Å². The lowest BCUT2D eigenvalue weighted by Gasteiger charge is -2.14. The zero-order valence-electron chi connectivity index (χ0n) is 12.0. The predicted molar refractivity (Wildman–Crippen MR) is 74.4 cm³/mol. The molecule has 1 rings (SSSR count). The molecule has 0 aliphatic carbocycles. The molecule has 0 saturated carbocycles. The van der Waals surface area contributed by atoms with Crippen molar-refractivity contribution < 1.29 is 14.3 Å². The summed E-state index contributed by atoms with van der Waals surface area (Å²) < 4.78 is 10.8. The molecule has 0 unspecified atom stereocenters. The van der Waals surface area contributed by atoms with Crippen LogP contribution in [0.25, 0.3) is 0 Å². The highest BCUT2D eigenvalue weighted by Crippen LogP contribution is 2.29. The van der Waals surface area contributed by atoms with E-state index in [2.05, 4.69) is 0 Å². The average Bonchev–Trinajstić information content (AvgIpc) is 2.38. The first-order chi connectivity index (χ1) is 8.95. The van der Waals surface area contributed by atoms with Crippen molar-refractivity contribution in [1.29, 1.82) is 0 Å². The zero-order valence-corrected chi connectivity index (χ0v) is 12.0. The van der Waals surface area contributed by atoms with Crippen molar-refractivity contribution in [2.75, 3.05) is 27.8 Å². The molecule has 0 aromatic heterocycles. The Bertz CT molecular complexity index is 431. The highest BCUT2D eigenvalue weighted by Gasteiger charge is 2.09. The summed E-state index contributed by atoms with van der Waals surface area (Å²) >= 11 is 0. The van der Waals surface area contributed by atoms with E-state index in [4.69, 9.17) is 15.2 Å². The van der Waals surface area contributed by atoms with Gasteiger partial charge in [0.15, 0.2) is 11.5 Å². The summed E-state index contributed by atoms with van der Waals surface area (Å²) in [5, 5.41) is 0. The van der Waals surface area contributed by atoms with Crippen LogP contribution in [0.3, 0.4) is 0 Å². The maximum Gasteiger partial charge on any atom is 0.225 e. The quantitative estimate of drug-likeness (QED) is 0.849. The van der Waals surface area contributed by atoms with E-state index in [1.54, 1.807) is 26.1 Å². The summed E-state index contributed by atoms with van der Waals surface area (Å²) in [7, 11) is 5.03. The Morgan fingerprint density at radius 3 is 2.58 bits per heavy atom. The molecule has 0 aliphatic heterocycles. The maximum atomic E-state index is 11.4. The second-order valence-electron chi connectivity index (χ2n) is 4.59. The lowest BCUT2D eigenvalue weighted by molar-refractivity contribution is -0.129. The van der Waals surface area contributed by atoms with E-state index in [1.807, 2.05) is 25.1 Å². The molecule has 19 heavy (non-hydrogen) atoms. The van der Waals surface area contributed by atoms with E-state index in [0.29, 0.717) is 24.5 Å². The Morgan fingerprint density at radius 1 is 1.37 bits per heavy atom. The molecule has 5 nitrogen and oxygen atoms in total. The molecule has 1 amide bonds. The number of amides is 1. The van der Waals surface area contributed by atoms with Crippen LogP contribution < -0.4 is 15.2 Å². The van der Waals surface area contributed by atoms with E-state index in [0.717, 1.165) is 5.56 Å². The largest absolute Gasteiger partial charge is 0.493 e. The van der Waals surface area contributed by atoms with E-state index < -0.39 is 0 Å². The van der Waals surface area contributed by atoms with Crippen LogP contribution in [0.4, 0.5) is 0 Å². The molecule has 0 spiro atoms. The normalized spacial score (nSPS) is 11.8. The minimum absolute atomic E-state index is 0.0335. The van der Waals surface area contributed by atoms with Gasteiger partial charge in [0.1, 0.15) is 0 Å². The van der Waals surface area contributed by atoms with Gasteiger partial charge < -0.3 is 20.1 Å². The molecule has 0 heterocycles. The van der Waals surface area contributed by atoms with Crippen LogP contribution in [-0.2, 0) is 4.79 Å². The Labute approximate surface area is 114 Å². The first-order valence-electron chi connectivity index (χ1n) is 6.22. The summed E-state index contributed by atoms with van der Waals surface area (Å²) in [6.45, 7) is 2.23. The van der Waals surface area contributed by atoms with E-state index in [9.17, 15) is 4.79 Å². The molecular formula is C14H22N2O3. The number of carbonyl (C=O) groups is 1. The molecule has 1 aromatic carbocycles. The lowest BCUT2D eigenvalue weighted by Crippen LogP contribution is -2.23. The van der Waals surface area contributed by atoms with Gasteiger partial charge >= 0.3 is 0 Å². The SMILES string of the molecule is COc1cc([C@@H](C)N)ccc1OCCC(=O)N(C)C. The fourth-order valence-electron chi connectivity index (χ4n) is 1.56. The Hall–Kier alpha value is -1.75. The molecule has 0 aliphatic rings. The second-order valence-corrected chi connectivity index (χ2v) is 4.59. The summed E-state index contributed by atoms with van der Waals surface area (Å²) in [5.41, 5.74) is 6.79. The maximum absolute atomic E-state index is 11.4. The minimum Gasteiger partial charge on any atom is -0.493 e. The van der Waals surface area contributed by atoms with Crippen molar-refractivity contribution >= 4 is 5.91 Å². The molecule has 0 fully saturated rings. The number of hydrogen-bond donors (Lipinski definition) is 1. The average molecular weight is 266 g/mol. The summed E-state index contributed by atoms with van der Waals surface area (Å²) in [4.78, 5) is 13.0. The van der Waals surface area contributed by atoms with Crippen LogP contribution in [0.15, 0.2) is 18.2 Å². The lowest BCUT2D eigenvalue weighted by atomic mass is 10.1. The summed E-state index contributed by atoms with van der Waals surface area (Å²) in [6, 6.07) is 5.51. The summed E-state index contributed by atoms with van der Waals surface area (Å²) in [6.07, 6.45) is 0.338. The van der Waals surface area contributed by atoms with Gasteiger partial charge in [-0.1, -0.05) is 6.07 Å². The number of nitrogens with zero attached hydrogens (tertiary/aromatic N) is 1. The van der Waals surface area contributed by atoms with E-state index >= 15 is 0 Å². The Morgan fingerprint density at radius 2 is 2.05 bits per heavy atom. The van der Waals surface area contributed by atoms with Gasteiger partial charge in [-0.15, -0.1) is 0 Å². The van der Waals surface area contributed by atoms with E-state index in [-0.39, 0.29) is 11.9 Å². The molecular weight excluding hydrogens is 244 g/mol. The smallest absolute Gasteiger partial charge is 0.225 e. The zero-order chi connectivity index (χ0) is 14.4. The van der Waals surface area contributed by atoms with Crippen molar-refractivity contribution in [3.63, 3.8) is 0 Å². The predicted octanol–water partition coefficient (Wildman–Crippen LogP) is 1.57. The molecule has 0 radical (unpaired) electrons. The topological polar surface area (TPSA) is 64.8 Å². The fourth-order valence-corrected chi connectivity index (χ4v) is 1.56. The second kappa shape index (κ2) is 6.99. The van der Waals surface area contributed by atoms with Gasteiger partial charge in [-0.25, -0.2) is 0 Å². The van der Waals surface area contributed by atoms with Gasteiger partial charge in [-0.3, -0.25) is 4.79 Å². The van der Waals surface area contributed by atoms with Crippen LogP contribution in [0, 0.1) is 0 Å². The number of methoxy groups -OCH3 is 1. The van der Waals surface area contributed by atoms with Gasteiger partial charge in [-0.2, -0.15) is 0 Å². The number of hydrogen-bond acceptors (Lipinski definition) is 4. The highest BCUT2D eigenvalue weighted by molar-refractivity contribution is 5.75. The summed E-state index contributed by atoms with van der Waals surface area (Å²) in [5.74, 6) is 1.29. The molecule has 0 bridgehead atoms. The third-order valence-corrected chi connectivity index (χ3v) is 2.79. The monoisotopic (exact) mass is 266 g/mol. The van der Waals surface area contributed by atoms with E-state index in [1.165, 1.54) is 0 Å². The molecule has 5 heteroatoms. The van der Waals surface area contributed by atoms with Gasteiger partial charge in [0.2, 0.25) is 5.91 Å². The molecule has 0 saturated heterocycles. The third-order valence-electron chi connectivity index (χ3n) is 2.79. The van der Waals surface area contributed by atoms with Crippen LogP contribution in [-0.4, -0.2) is 38.6 Å². The highest BCUT2D eigenvalue weighted by atomic mass is 16.5. The van der Waals surface area contributed by atoms with Gasteiger partial charge in [0.25, 0.3) is 0 Å². The number of ether oxygens (including phenoxy) is 2. The van der Waals surface area contributed by atoms with Crippen LogP contribution >= 0.6 is 0 Å². The van der Waals surface area contributed by atoms with Crippen molar-refractivity contribution in [2.24, 2.45) is 5.73 Å². The van der Waals surface area contributed by atoms with Crippen molar-refractivity contribution in [3.8, 4) is 11.5 Å². The number of carbonyl (C=O) groups excluding carboxylic acids is 1. The van der Waals surface area contributed by atoms with Crippen LogP contribution in [0.5, 0.6) is 11.5 Å². The number of rotatable bonds is 6. The van der Waals surface area contributed by atoms with Crippen molar-refractivity contribution in [3.05, 3.63) is 23.8 Å². The van der Waals surface area contributed by atoms with Crippen LogP contribution in [0.1, 0.15) is 24.9 Å². The molecule has 106 valence electrons. The number of nitrogens with two attached hydrogens (primary N) is 1. The molecule has 1 atom stereocenters. The minimum atomic E-state index is -0.0572. The first kappa shape index (κ1) is 15.3. The first-order valence-corrected chi connectivity index (χ1v) is 6.22. The van der Waals surface area contributed by atoms with Crippen molar-refractivity contribution in [1.82, 2.24) is 4.90 Å². The molecule has 2 N–H and O–H groups in total.